The number of halogens is 1. The largest absolute Gasteiger partial charge is 0.867 e. The molecule has 136 valence electrons. The molecule has 5 heteroatoms. The van der Waals surface area contributed by atoms with E-state index in [4.69, 9.17) is 12.2 Å². The van der Waals surface area contributed by atoms with Gasteiger partial charge in [0.2, 0.25) is 5.70 Å². The summed E-state index contributed by atoms with van der Waals surface area (Å²) in [5.74, 6) is -0.669. The van der Waals surface area contributed by atoms with Gasteiger partial charge in [0, 0.05) is 18.7 Å². The smallest absolute Gasteiger partial charge is 0.237 e. The molecule has 0 aliphatic rings. The first-order valence-corrected chi connectivity index (χ1v) is 8.73. The summed E-state index contributed by atoms with van der Waals surface area (Å²) in [6.45, 7) is 10.5. The number of nitrogens with zero attached hydrogens (tertiary/aromatic N) is 1. The predicted molar refractivity (Wildman–Crippen MR) is 106 cm³/mol. The minimum Gasteiger partial charge on any atom is -0.867 e. The molecule has 1 aromatic heterocycles. The molecule has 0 unspecified atom stereocenters. The van der Waals surface area contributed by atoms with Crippen LogP contribution in [0.2, 0.25) is 0 Å². The summed E-state index contributed by atoms with van der Waals surface area (Å²) in [5.41, 5.74) is 1.83. The lowest BCUT2D eigenvalue weighted by Crippen LogP contribution is -2.42. The summed E-state index contributed by atoms with van der Waals surface area (Å²) in [6.07, 6.45) is 5.30. The molecular weight excluding hydrogens is 347 g/mol. The molecule has 2 rings (SSSR count). The second kappa shape index (κ2) is 8.23. The molecule has 0 aliphatic heterocycles. The van der Waals surface area contributed by atoms with Gasteiger partial charge in [-0.15, -0.1) is 6.58 Å². The minimum atomic E-state index is -0.391. The monoisotopic (exact) mass is 370 g/mol. The Balaban J connectivity index is 2.53. The molecule has 0 saturated carbocycles. The van der Waals surface area contributed by atoms with Crippen molar-refractivity contribution in [2.75, 3.05) is 6.54 Å². The maximum atomic E-state index is 13.2. The van der Waals surface area contributed by atoms with Gasteiger partial charge in [-0.2, -0.15) is 4.57 Å². The summed E-state index contributed by atoms with van der Waals surface area (Å²) >= 11 is 5.42. The van der Waals surface area contributed by atoms with Crippen molar-refractivity contribution in [3.63, 3.8) is 0 Å². The van der Waals surface area contributed by atoms with Crippen LogP contribution in [0.5, 0.6) is 0 Å². The number of nitrogens with one attached hydrogen (secondary N) is 1. The molecule has 0 bridgehead atoms. The minimum absolute atomic E-state index is 0.00180. The number of rotatable bonds is 5. The van der Waals surface area contributed by atoms with E-state index >= 15 is 0 Å². The molecule has 1 N–H and O–H groups in total. The summed E-state index contributed by atoms with van der Waals surface area (Å²) in [5, 5.41) is 16.0. The normalized spacial score (nSPS) is 12.3. The molecule has 0 amide bonds. The third kappa shape index (κ3) is 4.76. The highest BCUT2D eigenvalue weighted by atomic mass is 32.1. The molecule has 26 heavy (non-hydrogen) atoms. The van der Waals surface area contributed by atoms with E-state index in [1.165, 1.54) is 24.3 Å². The van der Waals surface area contributed by atoms with Gasteiger partial charge in [0.15, 0.2) is 17.4 Å². The number of hydrogen-bond donors (Lipinski definition) is 1. The predicted octanol–water partition coefficient (Wildman–Crippen LogP) is 3.20. The Morgan fingerprint density at radius 3 is 2.27 bits per heavy atom. The average molecular weight is 370 g/mol. The van der Waals surface area contributed by atoms with Gasteiger partial charge in [0.25, 0.3) is 0 Å². The van der Waals surface area contributed by atoms with E-state index in [1.807, 2.05) is 24.5 Å². The second-order valence-corrected chi connectivity index (χ2v) is 7.34. The Morgan fingerprint density at radius 2 is 1.77 bits per heavy atom. The van der Waals surface area contributed by atoms with Crippen LogP contribution in [-0.4, -0.2) is 11.5 Å². The van der Waals surface area contributed by atoms with Crippen molar-refractivity contribution in [1.29, 1.82) is 0 Å². The van der Waals surface area contributed by atoms with E-state index in [-0.39, 0.29) is 11.2 Å². The van der Waals surface area contributed by atoms with Crippen molar-refractivity contribution in [3.05, 3.63) is 78.4 Å². The highest BCUT2D eigenvalue weighted by Gasteiger charge is 2.20. The SMILES string of the molecule is C=CCNC(=S)/C(=C(\[O-])c1ccc(F)cc1)[n+]1ccc(C(C)(C)C)cc1. The molecule has 0 saturated heterocycles. The standard InChI is InChI=1S/C21H23FN2OS/c1-5-12-23-20(26)18(19(25)15-6-8-17(22)9-7-15)24-13-10-16(11-14-24)21(2,3)4/h5-11,13-14H,1,12H2,2-4H3,(H-,23,25,26). The van der Waals surface area contributed by atoms with Gasteiger partial charge < -0.3 is 10.4 Å². The zero-order valence-corrected chi connectivity index (χ0v) is 16.1. The van der Waals surface area contributed by atoms with Crippen LogP contribution in [0.1, 0.15) is 31.9 Å². The van der Waals surface area contributed by atoms with Gasteiger partial charge in [-0.25, -0.2) is 4.39 Å². The van der Waals surface area contributed by atoms with Crippen molar-refractivity contribution in [2.24, 2.45) is 0 Å². The molecule has 3 nitrogen and oxygen atoms in total. The topological polar surface area (TPSA) is 39.0 Å². The van der Waals surface area contributed by atoms with Crippen molar-refractivity contribution in [3.8, 4) is 0 Å². The van der Waals surface area contributed by atoms with E-state index in [9.17, 15) is 9.50 Å². The summed E-state index contributed by atoms with van der Waals surface area (Å²) < 4.78 is 14.9. The third-order valence-electron chi connectivity index (χ3n) is 3.90. The lowest BCUT2D eigenvalue weighted by Gasteiger charge is -2.19. The first kappa shape index (κ1) is 19.8. The fourth-order valence-electron chi connectivity index (χ4n) is 2.40. The first-order chi connectivity index (χ1) is 12.2. The fraction of sp³-hybridized carbons (Fsp3) is 0.238. The Hall–Kier alpha value is -2.53. The molecule has 0 radical (unpaired) electrons. The molecular formula is C21H23FN2OS. The first-order valence-electron chi connectivity index (χ1n) is 8.32. The summed E-state index contributed by atoms with van der Waals surface area (Å²) in [6, 6.07) is 9.37. The molecule has 0 spiro atoms. The number of aromatic nitrogens is 1. The summed E-state index contributed by atoms with van der Waals surface area (Å²) in [7, 11) is 0. The quantitative estimate of drug-likeness (QED) is 0.289. The van der Waals surface area contributed by atoms with Gasteiger partial charge in [-0.3, -0.25) is 0 Å². The van der Waals surface area contributed by atoms with E-state index in [1.54, 1.807) is 10.6 Å². The number of thiocarbonyl (C=S) groups is 1. The number of hydrogen-bond acceptors (Lipinski definition) is 2. The maximum absolute atomic E-state index is 13.2. The van der Waals surface area contributed by atoms with E-state index in [0.717, 1.165) is 5.56 Å². The molecule has 1 aromatic carbocycles. The zero-order chi connectivity index (χ0) is 19.3. The Kier molecular flexibility index (Phi) is 6.27. The van der Waals surface area contributed by atoms with Crippen molar-refractivity contribution >= 4 is 28.7 Å². The van der Waals surface area contributed by atoms with Gasteiger partial charge in [-0.1, -0.05) is 51.2 Å². The summed E-state index contributed by atoms with van der Waals surface area (Å²) in [4.78, 5) is 0.313. The zero-order valence-electron chi connectivity index (χ0n) is 15.3. The molecule has 0 fully saturated rings. The Morgan fingerprint density at radius 1 is 1.19 bits per heavy atom. The average Bonchev–Trinajstić information content (AvgIpc) is 2.60. The van der Waals surface area contributed by atoms with E-state index in [0.29, 0.717) is 22.8 Å². The van der Waals surface area contributed by atoms with Crippen LogP contribution in [0.4, 0.5) is 4.39 Å². The van der Waals surface area contributed by atoms with Gasteiger partial charge in [0.1, 0.15) is 5.82 Å². The number of pyridine rings is 1. The highest BCUT2D eigenvalue weighted by molar-refractivity contribution is 7.81. The van der Waals surface area contributed by atoms with Crippen molar-refractivity contribution in [1.82, 2.24) is 5.32 Å². The van der Waals surface area contributed by atoms with Crippen LogP contribution in [0, 0.1) is 5.82 Å². The van der Waals surface area contributed by atoms with Crippen LogP contribution in [0.3, 0.4) is 0 Å². The Labute approximate surface area is 159 Å². The molecule has 0 aliphatic carbocycles. The highest BCUT2D eigenvalue weighted by Crippen LogP contribution is 2.21. The van der Waals surface area contributed by atoms with Crippen LogP contribution >= 0.6 is 12.2 Å². The van der Waals surface area contributed by atoms with Crippen LogP contribution in [-0.2, 0) is 5.41 Å². The molecule has 2 aromatic rings. The van der Waals surface area contributed by atoms with Crippen molar-refractivity contribution in [2.45, 2.75) is 26.2 Å². The van der Waals surface area contributed by atoms with Crippen LogP contribution in [0.15, 0.2) is 61.4 Å². The fourth-order valence-corrected chi connectivity index (χ4v) is 2.68. The maximum Gasteiger partial charge on any atom is 0.237 e. The number of benzene rings is 1. The van der Waals surface area contributed by atoms with Crippen LogP contribution in [0.25, 0.3) is 11.5 Å². The molecule has 0 atom stereocenters. The second-order valence-electron chi connectivity index (χ2n) is 6.93. The Bertz CT molecular complexity index is 819. The van der Waals surface area contributed by atoms with Gasteiger partial charge in [-0.05, 0) is 34.4 Å². The van der Waals surface area contributed by atoms with Gasteiger partial charge in [0.05, 0.1) is 0 Å². The van der Waals surface area contributed by atoms with Crippen LogP contribution < -0.4 is 15.0 Å². The molecule has 1 heterocycles. The van der Waals surface area contributed by atoms with Crippen molar-refractivity contribution < 1.29 is 14.1 Å². The lowest BCUT2D eigenvalue weighted by atomic mass is 9.88. The van der Waals surface area contributed by atoms with E-state index in [2.05, 4.69) is 32.7 Å². The van der Waals surface area contributed by atoms with E-state index < -0.39 is 5.82 Å². The third-order valence-corrected chi connectivity index (χ3v) is 4.23. The lowest BCUT2D eigenvalue weighted by molar-refractivity contribution is -0.578. The van der Waals surface area contributed by atoms with Gasteiger partial charge >= 0.3 is 0 Å².